The van der Waals surface area contributed by atoms with E-state index in [-0.39, 0.29) is 23.7 Å². The summed E-state index contributed by atoms with van der Waals surface area (Å²) in [7, 11) is 1.56. The number of anilines is 1. The lowest BCUT2D eigenvalue weighted by Crippen LogP contribution is -2.53. The van der Waals surface area contributed by atoms with E-state index in [0.717, 1.165) is 38.2 Å². The van der Waals surface area contributed by atoms with Crippen LogP contribution in [0.4, 0.5) is 10.1 Å². The molecule has 8 heteroatoms. The minimum Gasteiger partial charge on any atom is -0.397 e. The van der Waals surface area contributed by atoms with Gasteiger partial charge in [-0.2, -0.15) is 0 Å². The monoisotopic (exact) mass is 441 g/mol. The topological polar surface area (TPSA) is 91.6 Å². The van der Waals surface area contributed by atoms with Crippen molar-refractivity contribution in [3.05, 3.63) is 71.8 Å². The van der Waals surface area contributed by atoms with Crippen molar-refractivity contribution in [1.29, 1.82) is 0 Å². The number of carbonyl (C=O) groups excluding carboxylic acids is 2. The van der Waals surface area contributed by atoms with Gasteiger partial charge in [0.05, 0.1) is 11.9 Å². The van der Waals surface area contributed by atoms with E-state index in [1.54, 1.807) is 32.2 Å². The van der Waals surface area contributed by atoms with Gasteiger partial charge < -0.3 is 16.0 Å². The molecule has 32 heavy (non-hydrogen) atoms. The van der Waals surface area contributed by atoms with E-state index in [1.807, 2.05) is 17.0 Å². The van der Waals surface area contributed by atoms with E-state index in [1.165, 1.54) is 12.3 Å². The van der Waals surface area contributed by atoms with Crippen molar-refractivity contribution in [3.8, 4) is 0 Å². The zero-order valence-corrected chi connectivity index (χ0v) is 19.0. The number of hydrogen-bond acceptors (Lipinski definition) is 5. The van der Waals surface area contributed by atoms with Gasteiger partial charge in [-0.15, -0.1) is 0 Å². The summed E-state index contributed by atoms with van der Waals surface area (Å²) in [5.41, 5.74) is 8.01. The lowest BCUT2D eigenvalue weighted by Gasteiger charge is -2.39. The van der Waals surface area contributed by atoms with Crippen LogP contribution in [0.2, 0.25) is 0 Å². The smallest absolute Gasteiger partial charge is 0.269 e. The highest BCUT2D eigenvalue weighted by Crippen LogP contribution is 2.13. The molecule has 0 radical (unpaired) electrons. The van der Waals surface area contributed by atoms with Crippen molar-refractivity contribution >= 4 is 17.5 Å². The highest BCUT2D eigenvalue weighted by molar-refractivity contribution is 5.92. The molecule has 0 unspecified atom stereocenters. The Labute approximate surface area is 189 Å². The molecule has 2 heterocycles. The number of nitrogens with one attached hydrogen (secondary N) is 1. The number of hydrogen-bond donors (Lipinski definition) is 2. The van der Waals surface area contributed by atoms with Crippen molar-refractivity contribution in [2.45, 2.75) is 26.3 Å². The number of pyridine rings is 1. The third-order valence-corrected chi connectivity index (χ3v) is 5.37. The predicted molar refractivity (Wildman–Crippen MR) is 125 cm³/mol. The van der Waals surface area contributed by atoms with E-state index < -0.39 is 0 Å². The number of aryl methyl sites for hydroxylation is 1. The van der Waals surface area contributed by atoms with Crippen molar-refractivity contribution in [1.82, 2.24) is 20.1 Å². The van der Waals surface area contributed by atoms with Crippen LogP contribution >= 0.6 is 0 Å². The summed E-state index contributed by atoms with van der Waals surface area (Å²) in [6.45, 7) is 10.7. The normalized spacial score (nSPS) is 16.0. The van der Waals surface area contributed by atoms with Crippen LogP contribution in [0.15, 0.2) is 49.2 Å². The van der Waals surface area contributed by atoms with Gasteiger partial charge in [0.1, 0.15) is 11.5 Å². The molecule has 2 aromatic rings. The van der Waals surface area contributed by atoms with E-state index >= 15 is 0 Å². The maximum Gasteiger partial charge on any atom is 0.269 e. The molecule has 1 aromatic carbocycles. The van der Waals surface area contributed by atoms with Crippen molar-refractivity contribution in [2.24, 2.45) is 0 Å². The van der Waals surface area contributed by atoms with Crippen LogP contribution in [-0.2, 0) is 11.2 Å². The average molecular weight is 442 g/mol. The molecule has 1 atom stereocenters. The summed E-state index contributed by atoms with van der Waals surface area (Å²) in [5.74, 6) is -0.338. The summed E-state index contributed by atoms with van der Waals surface area (Å²) < 4.78 is 13.5. The first-order valence-corrected chi connectivity index (χ1v) is 10.6. The molecule has 0 saturated carbocycles. The average Bonchev–Trinajstić information content (AvgIpc) is 2.80. The zero-order valence-electron chi connectivity index (χ0n) is 19.0. The summed E-state index contributed by atoms with van der Waals surface area (Å²) in [6, 6.07) is 8.84. The fourth-order valence-corrected chi connectivity index (χ4v) is 3.43. The van der Waals surface area contributed by atoms with Gasteiger partial charge in [-0.25, -0.2) is 9.37 Å². The number of nitrogens with two attached hydrogens (primary N) is 1. The maximum absolute atomic E-state index is 13.5. The number of nitrogen functional groups attached to an aromatic ring is 1. The maximum atomic E-state index is 13.5. The second kappa shape index (κ2) is 12.0. The molecular weight excluding hydrogens is 409 g/mol. The number of amides is 2. The third kappa shape index (κ3) is 7.16. The molecule has 1 aliphatic rings. The van der Waals surface area contributed by atoms with Gasteiger partial charge in [0.25, 0.3) is 5.91 Å². The first kappa shape index (κ1) is 25.0. The number of rotatable bonds is 5. The van der Waals surface area contributed by atoms with Gasteiger partial charge >= 0.3 is 0 Å². The first-order valence-electron chi connectivity index (χ1n) is 10.6. The van der Waals surface area contributed by atoms with E-state index in [4.69, 9.17) is 5.73 Å². The fourth-order valence-electron chi connectivity index (χ4n) is 3.43. The Balaban J connectivity index is 0.000000278. The Kier molecular flexibility index (Phi) is 9.34. The predicted octanol–water partition coefficient (Wildman–Crippen LogP) is 2.42. The van der Waals surface area contributed by atoms with Gasteiger partial charge in [0.15, 0.2) is 0 Å². The number of benzene rings is 1. The number of nitrogens with zero attached hydrogens (tertiary/aromatic N) is 3. The number of carbonyl (C=O) groups is 2. The van der Waals surface area contributed by atoms with Crippen molar-refractivity contribution in [3.63, 3.8) is 0 Å². The summed E-state index contributed by atoms with van der Waals surface area (Å²) >= 11 is 0. The largest absolute Gasteiger partial charge is 0.397 e. The Morgan fingerprint density at radius 2 is 2.06 bits per heavy atom. The first-order chi connectivity index (χ1) is 15.2. The number of aromatic nitrogens is 1. The van der Waals surface area contributed by atoms with Gasteiger partial charge in [0.2, 0.25) is 5.91 Å². The second-order valence-electron chi connectivity index (χ2n) is 7.77. The zero-order chi connectivity index (χ0) is 23.7. The standard InChI is InChI=1S/C17H23FN2O.C7H9N3O/c1-4-17(21)20-10-9-19(12-14(20)3)8-7-15-6-5-13(2)16(18)11-15;1-9-7(11)6-3-2-5(8)4-10-6/h4-6,11,14H,1,7-10,12H2,2-3H3;2-4H,8H2,1H3,(H,9,11)/t14-;/m1./s1. The fraction of sp³-hybridized carbons (Fsp3) is 0.375. The molecule has 1 aliphatic heterocycles. The van der Waals surface area contributed by atoms with Crippen LogP contribution in [0.3, 0.4) is 0 Å². The van der Waals surface area contributed by atoms with Gasteiger partial charge in [0, 0.05) is 39.3 Å². The summed E-state index contributed by atoms with van der Waals surface area (Å²) in [6.07, 6.45) is 3.66. The van der Waals surface area contributed by atoms with E-state index in [9.17, 15) is 14.0 Å². The third-order valence-electron chi connectivity index (χ3n) is 5.37. The minimum atomic E-state index is -0.204. The van der Waals surface area contributed by atoms with Crippen molar-refractivity contribution in [2.75, 3.05) is 39.0 Å². The van der Waals surface area contributed by atoms with Crippen LogP contribution < -0.4 is 11.1 Å². The van der Waals surface area contributed by atoms with Gasteiger partial charge in [-0.3, -0.25) is 14.5 Å². The SMILES string of the molecule is C=CC(=O)N1CCN(CCc2ccc(C)c(F)c2)C[C@H]1C.CNC(=O)c1ccc(N)cn1. The molecule has 3 rings (SSSR count). The molecule has 0 aliphatic carbocycles. The quantitative estimate of drug-likeness (QED) is 0.696. The Morgan fingerprint density at radius 1 is 1.31 bits per heavy atom. The molecule has 1 saturated heterocycles. The Hall–Kier alpha value is -3.26. The van der Waals surface area contributed by atoms with Gasteiger partial charge in [-0.1, -0.05) is 18.7 Å². The highest BCUT2D eigenvalue weighted by atomic mass is 19.1. The second-order valence-corrected chi connectivity index (χ2v) is 7.77. The highest BCUT2D eigenvalue weighted by Gasteiger charge is 2.25. The van der Waals surface area contributed by atoms with Crippen LogP contribution in [-0.4, -0.2) is 65.9 Å². The van der Waals surface area contributed by atoms with Crippen LogP contribution in [0.25, 0.3) is 0 Å². The van der Waals surface area contributed by atoms with Crippen LogP contribution in [0.1, 0.15) is 28.5 Å². The van der Waals surface area contributed by atoms with Crippen LogP contribution in [0.5, 0.6) is 0 Å². The lowest BCUT2D eigenvalue weighted by atomic mass is 10.1. The molecule has 7 nitrogen and oxygen atoms in total. The Morgan fingerprint density at radius 3 is 2.62 bits per heavy atom. The molecule has 1 aromatic heterocycles. The number of halogens is 1. The van der Waals surface area contributed by atoms with Gasteiger partial charge in [-0.05, 0) is 55.7 Å². The van der Waals surface area contributed by atoms with Crippen LogP contribution in [0, 0.1) is 12.7 Å². The Bertz CT molecular complexity index is 932. The lowest BCUT2D eigenvalue weighted by molar-refractivity contribution is -0.130. The minimum absolute atomic E-state index is 0.00255. The summed E-state index contributed by atoms with van der Waals surface area (Å²) in [4.78, 5) is 30.6. The summed E-state index contributed by atoms with van der Waals surface area (Å²) in [5, 5.41) is 2.46. The molecule has 172 valence electrons. The molecule has 0 spiro atoms. The molecule has 0 bridgehead atoms. The number of piperazine rings is 1. The molecule has 2 amide bonds. The van der Waals surface area contributed by atoms with Crippen molar-refractivity contribution < 1.29 is 14.0 Å². The molecule has 1 fully saturated rings. The van der Waals surface area contributed by atoms with E-state index in [2.05, 4.69) is 28.7 Å². The molecular formula is C24H32FN5O2. The molecule has 3 N–H and O–H groups in total. The van der Waals surface area contributed by atoms with E-state index in [0.29, 0.717) is 16.9 Å².